The summed E-state index contributed by atoms with van der Waals surface area (Å²) < 4.78 is 5.56. The standard InChI is InChI=1S/C11H15N3OS2/c1-2-5-12-7-10-13-14-11(17-10)15-8-9-4-3-6-16-9/h3-4,6,12H,2,5,7-8H2,1H3. The average molecular weight is 269 g/mol. The Bertz CT molecular complexity index is 428. The molecule has 0 spiro atoms. The van der Waals surface area contributed by atoms with Crippen LogP contribution in [0.1, 0.15) is 23.2 Å². The summed E-state index contributed by atoms with van der Waals surface area (Å²) in [5, 5.41) is 15.0. The van der Waals surface area contributed by atoms with Gasteiger partial charge in [0.1, 0.15) is 11.6 Å². The molecule has 92 valence electrons. The predicted molar refractivity (Wildman–Crippen MR) is 70.6 cm³/mol. The van der Waals surface area contributed by atoms with Gasteiger partial charge in [0.05, 0.1) is 0 Å². The van der Waals surface area contributed by atoms with Gasteiger partial charge in [0.25, 0.3) is 5.19 Å². The van der Waals surface area contributed by atoms with Crippen LogP contribution in [-0.4, -0.2) is 16.7 Å². The molecule has 0 amide bonds. The minimum Gasteiger partial charge on any atom is -0.463 e. The Kier molecular flexibility index (Phi) is 4.90. The van der Waals surface area contributed by atoms with Crippen molar-refractivity contribution in [3.05, 3.63) is 27.4 Å². The molecule has 0 saturated heterocycles. The van der Waals surface area contributed by atoms with Crippen molar-refractivity contribution in [3.8, 4) is 5.19 Å². The van der Waals surface area contributed by atoms with Gasteiger partial charge in [0.2, 0.25) is 0 Å². The van der Waals surface area contributed by atoms with E-state index in [1.54, 1.807) is 11.3 Å². The second kappa shape index (κ2) is 6.68. The largest absolute Gasteiger partial charge is 0.463 e. The Labute approximate surface area is 109 Å². The van der Waals surface area contributed by atoms with E-state index in [1.807, 2.05) is 11.4 Å². The van der Waals surface area contributed by atoms with Crippen molar-refractivity contribution in [2.24, 2.45) is 0 Å². The molecule has 2 aromatic rings. The van der Waals surface area contributed by atoms with E-state index in [0.717, 1.165) is 24.5 Å². The zero-order valence-electron chi connectivity index (χ0n) is 9.68. The average Bonchev–Trinajstić information content (AvgIpc) is 2.98. The molecule has 1 N–H and O–H groups in total. The van der Waals surface area contributed by atoms with Crippen LogP contribution in [0.2, 0.25) is 0 Å². The van der Waals surface area contributed by atoms with E-state index < -0.39 is 0 Å². The maximum atomic E-state index is 5.56. The molecule has 0 fully saturated rings. The Balaban J connectivity index is 1.77. The quantitative estimate of drug-likeness (QED) is 0.785. The first-order valence-electron chi connectivity index (χ1n) is 5.56. The molecule has 2 aromatic heterocycles. The highest BCUT2D eigenvalue weighted by molar-refractivity contribution is 7.13. The molecule has 2 heterocycles. The number of ether oxygens (including phenoxy) is 1. The maximum Gasteiger partial charge on any atom is 0.294 e. The Morgan fingerprint density at radius 2 is 2.35 bits per heavy atom. The number of thiophene rings is 1. The van der Waals surface area contributed by atoms with Gasteiger partial charge in [-0.05, 0) is 24.4 Å². The zero-order chi connectivity index (χ0) is 11.9. The molecule has 17 heavy (non-hydrogen) atoms. The number of aromatic nitrogens is 2. The first-order chi connectivity index (χ1) is 8.38. The second-order valence-electron chi connectivity index (χ2n) is 3.51. The molecular formula is C11H15N3OS2. The normalized spacial score (nSPS) is 10.6. The summed E-state index contributed by atoms with van der Waals surface area (Å²) in [5.41, 5.74) is 0. The minimum absolute atomic E-state index is 0.578. The van der Waals surface area contributed by atoms with Gasteiger partial charge >= 0.3 is 0 Å². The lowest BCUT2D eigenvalue weighted by atomic mass is 10.5. The van der Waals surface area contributed by atoms with Crippen LogP contribution < -0.4 is 10.1 Å². The first-order valence-corrected chi connectivity index (χ1v) is 7.26. The molecule has 0 aliphatic heterocycles. The third-order valence-corrected chi connectivity index (χ3v) is 3.75. The number of hydrogen-bond donors (Lipinski definition) is 1. The second-order valence-corrected chi connectivity index (χ2v) is 5.56. The smallest absolute Gasteiger partial charge is 0.294 e. The van der Waals surface area contributed by atoms with Crippen LogP contribution in [0.3, 0.4) is 0 Å². The van der Waals surface area contributed by atoms with Gasteiger partial charge in [-0.3, -0.25) is 0 Å². The number of hydrogen-bond acceptors (Lipinski definition) is 6. The predicted octanol–water partition coefficient (Wildman–Crippen LogP) is 2.68. The number of nitrogens with zero attached hydrogens (tertiary/aromatic N) is 2. The summed E-state index contributed by atoms with van der Waals surface area (Å²) in [6.07, 6.45) is 1.13. The molecule has 0 aliphatic rings. The van der Waals surface area contributed by atoms with Crippen LogP contribution in [0, 0.1) is 0 Å². The first kappa shape index (κ1) is 12.5. The van der Waals surface area contributed by atoms with Crippen LogP contribution in [0.5, 0.6) is 5.19 Å². The van der Waals surface area contributed by atoms with Gasteiger partial charge in [-0.2, -0.15) is 0 Å². The SMILES string of the molecule is CCCNCc1nnc(OCc2cccs2)s1. The topological polar surface area (TPSA) is 47.0 Å². The summed E-state index contributed by atoms with van der Waals surface area (Å²) in [7, 11) is 0. The highest BCUT2D eigenvalue weighted by Gasteiger charge is 2.05. The van der Waals surface area contributed by atoms with Gasteiger partial charge in [-0.25, -0.2) is 0 Å². The Morgan fingerprint density at radius 1 is 1.41 bits per heavy atom. The lowest BCUT2D eigenvalue weighted by Gasteiger charge is -1.98. The van der Waals surface area contributed by atoms with Gasteiger partial charge < -0.3 is 10.1 Å². The fourth-order valence-corrected chi connectivity index (χ4v) is 2.54. The Hall–Kier alpha value is -0.980. The van der Waals surface area contributed by atoms with Gasteiger partial charge in [0.15, 0.2) is 0 Å². The van der Waals surface area contributed by atoms with Crippen LogP contribution in [0.25, 0.3) is 0 Å². The monoisotopic (exact) mass is 269 g/mol. The fraction of sp³-hybridized carbons (Fsp3) is 0.455. The lowest BCUT2D eigenvalue weighted by molar-refractivity contribution is 0.305. The molecule has 0 bridgehead atoms. The summed E-state index contributed by atoms with van der Waals surface area (Å²) in [5.74, 6) is 0. The van der Waals surface area contributed by atoms with Crippen molar-refractivity contribution < 1.29 is 4.74 Å². The van der Waals surface area contributed by atoms with Crippen molar-refractivity contribution in [2.45, 2.75) is 26.5 Å². The van der Waals surface area contributed by atoms with E-state index >= 15 is 0 Å². The summed E-state index contributed by atoms with van der Waals surface area (Å²) in [4.78, 5) is 1.20. The van der Waals surface area contributed by atoms with Crippen molar-refractivity contribution in [2.75, 3.05) is 6.54 Å². The number of nitrogens with one attached hydrogen (secondary N) is 1. The molecule has 0 aliphatic carbocycles. The molecule has 0 radical (unpaired) electrons. The van der Waals surface area contributed by atoms with Gasteiger partial charge in [-0.1, -0.05) is 29.4 Å². The minimum atomic E-state index is 0.578. The van der Waals surface area contributed by atoms with Crippen LogP contribution in [0.4, 0.5) is 0 Å². The third kappa shape index (κ3) is 4.07. The molecule has 0 unspecified atom stereocenters. The molecule has 4 nitrogen and oxygen atoms in total. The van der Waals surface area contributed by atoms with Gasteiger partial charge in [-0.15, -0.1) is 16.4 Å². The van der Waals surface area contributed by atoms with Crippen LogP contribution in [-0.2, 0) is 13.2 Å². The van der Waals surface area contributed by atoms with Crippen LogP contribution in [0.15, 0.2) is 17.5 Å². The third-order valence-electron chi connectivity index (χ3n) is 2.07. The van der Waals surface area contributed by atoms with Crippen molar-refractivity contribution in [1.29, 1.82) is 0 Å². The highest BCUT2D eigenvalue weighted by atomic mass is 32.1. The van der Waals surface area contributed by atoms with E-state index in [0.29, 0.717) is 11.8 Å². The molecule has 0 atom stereocenters. The molecule has 0 aromatic carbocycles. The molecule has 6 heteroatoms. The highest BCUT2D eigenvalue weighted by Crippen LogP contribution is 2.20. The molecule has 0 saturated carbocycles. The van der Waals surface area contributed by atoms with E-state index in [2.05, 4.69) is 28.5 Å². The zero-order valence-corrected chi connectivity index (χ0v) is 11.3. The summed E-state index contributed by atoms with van der Waals surface area (Å²) in [6, 6.07) is 4.07. The Morgan fingerprint density at radius 3 is 3.12 bits per heavy atom. The maximum absolute atomic E-state index is 5.56. The summed E-state index contributed by atoms with van der Waals surface area (Å²) >= 11 is 3.19. The van der Waals surface area contributed by atoms with Crippen LogP contribution >= 0.6 is 22.7 Å². The van der Waals surface area contributed by atoms with E-state index in [9.17, 15) is 0 Å². The summed E-state index contributed by atoms with van der Waals surface area (Å²) in [6.45, 7) is 4.50. The van der Waals surface area contributed by atoms with Crippen molar-refractivity contribution in [3.63, 3.8) is 0 Å². The van der Waals surface area contributed by atoms with Crippen molar-refractivity contribution in [1.82, 2.24) is 15.5 Å². The van der Waals surface area contributed by atoms with Gasteiger partial charge in [0, 0.05) is 11.4 Å². The van der Waals surface area contributed by atoms with E-state index in [4.69, 9.17) is 4.74 Å². The number of rotatable bonds is 7. The lowest BCUT2D eigenvalue weighted by Crippen LogP contribution is -2.13. The van der Waals surface area contributed by atoms with Crippen molar-refractivity contribution >= 4 is 22.7 Å². The van der Waals surface area contributed by atoms with E-state index in [1.165, 1.54) is 16.2 Å². The van der Waals surface area contributed by atoms with E-state index in [-0.39, 0.29) is 0 Å². The fourth-order valence-electron chi connectivity index (χ4n) is 1.27. The molecular weight excluding hydrogens is 254 g/mol. The molecule has 2 rings (SSSR count).